The van der Waals surface area contributed by atoms with E-state index in [1.165, 1.54) is 0 Å². The molecule has 86 valence electrons. The van der Waals surface area contributed by atoms with Crippen molar-refractivity contribution in [3.05, 3.63) is 29.3 Å². The Bertz CT molecular complexity index is 411. The van der Waals surface area contributed by atoms with Gasteiger partial charge in [0, 0.05) is 11.7 Å². The van der Waals surface area contributed by atoms with Crippen LogP contribution in [0.3, 0.4) is 0 Å². The molecule has 0 saturated heterocycles. The van der Waals surface area contributed by atoms with Crippen molar-refractivity contribution >= 4 is 11.7 Å². The van der Waals surface area contributed by atoms with Crippen LogP contribution in [-0.4, -0.2) is 28.3 Å². The molecule has 1 aliphatic rings. The van der Waals surface area contributed by atoms with E-state index >= 15 is 0 Å². The Morgan fingerprint density at radius 1 is 1.44 bits per heavy atom. The molecule has 4 nitrogen and oxygen atoms in total. The third-order valence-corrected chi connectivity index (χ3v) is 2.95. The van der Waals surface area contributed by atoms with Gasteiger partial charge in [-0.25, -0.2) is 4.79 Å². The lowest BCUT2D eigenvalue weighted by Crippen LogP contribution is -2.39. The Morgan fingerprint density at radius 3 is 2.62 bits per heavy atom. The lowest BCUT2D eigenvalue weighted by Gasteiger charge is -2.33. The highest BCUT2D eigenvalue weighted by Gasteiger charge is 2.27. The Labute approximate surface area is 93.9 Å². The van der Waals surface area contributed by atoms with Gasteiger partial charge in [0.25, 0.3) is 0 Å². The largest absolute Gasteiger partial charge is 0.478 e. The number of carbonyl (C=O) groups is 1. The van der Waals surface area contributed by atoms with E-state index < -0.39 is 5.97 Å². The van der Waals surface area contributed by atoms with Crippen molar-refractivity contribution in [2.24, 2.45) is 0 Å². The van der Waals surface area contributed by atoms with Gasteiger partial charge in [-0.3, -0.25) is 0 Å². The molecular formula is C12H15NO3. The smallest absolute Gasteiger partial charge is 0.335 e. The number of aromatic carboxylic acids is 1. The van der Waals surface area contributed by atoms with Crippen LogP contribution < -0.4 is 5.32 Å². The number of nitrogens with one attached hydrogen (secondary N) is 1. The van der Waals surface area contributed by atoms with E-state index in [2.05, 4.69) is 5.32 Å². The fraction of sp³-hybridized carbons (Fsp3) is 0.417. The maximum absolute atomic E-state index is 10.7. The highest BCUT2D eigenvalue weighted by molar-refractivity contribution is 5.88. The topological polar surface area (TPSA) is 69.6 Å². The summed E-state index contributed by atoms with van der Waals surface area (Å²) in [6, 6.07) is 5.33. The highest BCUT2D eigenvalue weighted by atomic mass is 16.4. The van der Waals surface area contributed by atoms with Crippen molar-refractivity contribution in [3.8, 4) is 0 Å². The summed E-state index contributed by atoms with van der Waals surface area (Å²) in [7, 11) is 0. The van der Waals surface area contributed by atoms with Gasteiger partial charge in [-0.15, -0.1) is 0 Å². The van der Waals surface area contributed by atoms with Gasteiger partial charge in [0.1, 0.15) is 0 Å². The molecular weight excluding hydrogens is 206 g/mol. The quantitative estimate of drug-likeness (QED) is 0.725. The minimum Gasteiger partial charge on any atom is -0.478 e. The molecule has 16 heavy (non-hydrogen) atoms. The van der Waals surface area contributed by atoms with Crippen LogP contribution in [0.25, 0.3) is 0 Å². The second-order valence-corrected chi connectivity index (χ2v) is 4.30. The normalized spacial score (nSPS) is 23.6. The molecule has 0 atom stereocenters. The van der Waals surface area contributed by atoms with Gasteiger partial charge in [0.15, 0.2) is 0 Å². The maximum atomic E-state index is 10.7. The molecule has 0 heterocycles. The average molecular weight is 221 g/mol. The highest BCUT2D eigenvalue weighted by Crippen LogP contribution is 2.26. The van der Waals surface area contributed by atoms with Gasteiger partial charge in [-0.05, 0) is 43.5 Å². The van der Waals surface area contributed by atoms with Gasteiger partial charge in [-0.2, -0.15) is 0 Å². The second kappa shape index (κ2) is 4.14. The zero-order valence-electron chi connectivity index (χ0n) is 9.10. The van der Waals surface area contributed by atoms with E-state index in [1.54, 1.807) is 18.2 Å². The first-order valence-electron chi connectivity index (χ1n) is 5.35. The molecule has 0 spiro atoms. The van der Waals surface area contributed by atoms with E-state index in [9.17, 15) is 4.79 Å². The summed E-state index contributed by atoms with van der Waals surface area (Å²) < 4.78 is 0. The molecule has 0 amide bonds. The lowest BCUT2D eigenvalue weighted by atomic mass is 9.89. The SMILES string of the molecule is Cc1cc(C(=O)O)ccc1NC1CC(O)C1. The van der Waals surface area contributed by atoms with Crippen molar-refractivity contribution in [3.63, 3.8) is 0 Å². The van der Waals surface area contributed by atoms with Gasteiger partial charge < -0.3 is 15.5 Å². The number of carboxylic acids is 1. The summed E-state index contributed by atoms with van der Waals surface area (Å²) in [6.45, 7) is 1.88. The van der Waals surface area contributed by atoms with Crippen LogP contribution in [0.2, 0.25) is 0 Å². The Kier molecular flexibility index (Phi) is 2.83. The summed E-state index contributed by atoms with van der Waals surface area (Å²) in [5.41, 5.74) is 2.17. The third-order valence-electron chi connectivity index (χ3n) is 2.95. The fourth-order valence-electron chi connectivity index (χ4n) is 1.88. The molecule has 1 saturated carbocycles. The van der Waals surface area contributed by atoms with Crippen molar-refractivity contribution in [1.82, 2.24) is 0 Å². The molecule has 1 aromatic rings. The number of aliphatic hydroxyl groups is 1. The van der Waals surface area contributed by atoms with Crippen LogP contribution in [0.1, 0.15) is 28.8 Å². The first-order chi connectivity index (χ1) is 7.56. The predicted octanol–water partition coefficient (Wildman–Crippen LogP) is 1.63. The minimum absolute atomic E-state index is 0.184. The minimum atomic E-state index is -0.909. The van der Waals surface area contributed by atoms with Gasteiger partial charge in [0.2, 0.25) is 0 Å². The third kappa shape index (κ3) is 2.17. The van der Waals surface area contributed by atoms with E-state index in [0.717, 1.165) is 24.1 Å². The van der Waals surface area contributed by atoms with E-state index in [0.29, 0.717) is 11.6 Å². The lowest BCUT2D eigenvalue weighted by molar-refractivity contribution is 0.0696. The number of anilines is 1. The number of rotatable bonds is 3. The van der Waals surface area contributed by atoms with Crippen molar-refractivity contribution in [2.45, 2.75) is 31.9 Å². The van der Waals surface area contributed by atoms with Gasteiger partial charge in [0.05, 0.1) is 11.7 Å². The predicted molar refractivity (Wildman–Crippen MR) is 60.8 cm³/mol. The summed E-state index contributed by atoms with van der Waals surface area (Å²) in [5, 5.41) is 21.3. The number of benzene rings is 1. The molecule has 0 bridgehead atoms. The van der Waals surface area contributed by atoms with Crippen molar-refractivity contribution in [1.29, 1.82) is 0 Å². The zero-order valence-corrected chi connectivity index (χ0v) is 9.10. The number of hydrogen-bond acceptors (Lipinski definition) is 3. The maximum Gasteiger partial charge on any atom is 0.335 e. The summed E-state index contributed by atoms with van der Waals surface area (Å²) in [6.07, 6.45) is 1.34. The molecule has 0 unspecified atom stereocenters. The molecule has 2 rings (SSSR count). The van der Waals surface area contributed by atoms with E-state index in [1.807, 2.05) is 6.92 Å². The van der Waals surface area contributed by atoms with Crippen LogP contribution in [0, 0.1) is 6.92 Å². The standard InChI is InChI=1S/C12H15NO3/c1-7-4-8(12(15)16)2-3-11(7)13-9-5-10(14)6-9/h2-4,9-10,13-14H,5-6H2,1H3,(H,15,16). The van der Waals surface area contributed by atoms with Gasteiger partial charge in [-0.1, -0.05) is 0 Å². The van der Waals surface area contributed by atoms with E-state index in [4.69, 9.17) is 10.2 Å². The number of carboxylic acid groups (broad SMARTS) is 1. The Hall–Kier alpha value is -1.55. The molecule has 1 fully saturated rings. The molecule has 3 N–H and O–H groups in total. The monoisotopic (exact) mass is 221 g/mol. The molecule has 0 radical (unpaired) electrons. The molecule has 4 heteroatoms. The summed E-state index contributed by atoms with van der Waals surface area (Å²) in [5.74, 6) is -0.909. The Morgan fingerprint density at radius 2 is 2.12 bits per heavy atom. The zero-order chi connectivity index (χ0) is 11.7. The summed E-state index contributed by atoms with van der Waals surface area (Å²) in [4.78, 5) is 10.7. The first kappa shape index (κ1) is 11.0. The van der Waals surface area contributed by atoms with Gasteiger partial charge >= 0.3 is 5.97 Å². The molecule has 1 aromatic carbocycles. The van der Waals surface area contributed by atoms with Crippen molar-refractivity contribution < 1.29 is 15.0 Å². The average Bonchev–Trinajstić information content (AvgIpc) is 2.18. The van der Waals surface area contributed by atoms with Crippen molar-refractivity contribution in [2.75, 3.05) is 5.32 Å². The summed E-state index contributed by atoms with van der Waals surface area (Å²) >= 11 is 0. The van der Waals surface area contributed by atoms with Crippen LogP contribution in [-0.2, 0) is 0 Å². The van der Waals surface area contributed by atoms with E-state index in [-0.39, 0.29) is 6.10 Å². The molecule has 0 aliphatic heterocycles. The Balaban J connectivity index is 2.07. The van der Waals surface area contributed by atoms with Crippen LogP contribution in [0.4, 0.5) is 5.69 Å². The first-order valence-corrected chi connectivity index (χ1v) is 5.35. The number of hydrogen-bond donors (Lipinski definition) is 3. The number of aliphatic hydroxyl groups excluding tert-OH is 1. The van der Waals surface area contributed by atoms with Crippen LogP contribution >= 0.6 is 0 Å². The second-order valence-electron chi connectivity index (χ2n) is 4.30. The molecule has 0 aromatic heterocycles. The van der Waals surface area contributed by atoms with Crippen LogP contribution in [0.15, 0.2) is 18.2 Å². The molecule has 1 aliphatic carbocycles. The van der Waals surface area contributed by atoms with Crippen LogP contribution in [0.5, 0.6) is 0 Å². The number of aryl methyl sites for hydroxylation is 1. The fourth-order valence-corrected chi connectivity index (χ4v) is 1.88.